The molecular formula is C13H13BrN2O2. The molecule has 0 radical (unpaired) electrons. The predicted octanol–water partition coefficient (Wildman–Crippen LogP) is 2.73. The Labute approximate surface area is 113 Å². The fraction of sp³-hybridized carbons (Fsp3) is 0.154. The molecule has 1 aromatic heterocycles. The molecule has 0 bridgehead atoms. The topological polar surface area (TPSA) is 57.2 Å². The number of hydrogen-bond donors (Lipinski definition) is 1. The summed E-state index contributed by atoms with van der Waals surface area (Å²) in [5.41, 5.74) is 7.53. The summed E-state index contributed by atoms with van der Waals surface area (Å²) in [5.74, 6) is -0.384. The highest BCUT2D eigenvalue weighted by Gasteiger charge is 2.12. The number of hydrogen-bond acceptors (Lipinski definition) is 3. The van der Waals surface area contributed by atoms with E-state index in [-0.39, 0.29) is 12.6 Å². The second-order valence-corrected chi connectivity index (χ2v) is 4.79. The summed E-state index contributed by atoms with van der Waals surface area (Å²) in [6.45, 7) is 0.228. The van der Waals surface area contributed by atoms with E-state index in [1.807, 2.05) is 24.3 Å². The molecule has 0 amide bonds. The quantitative estimate of drug-likeness (QED) is 0.887. The molecule has 0 saturated carbocycles. The molecule has 0 aliphatic rings. The van der Waals surface area contributed by atoms with E-state index in [9.17, 15) is 4.79 Å². The van der Waals surface area contributed by atoms with Gasteiger partial charge < -0.3 is 15.0 Å². The second-order valence-electron chi connectivity index (χ2n) is 3.94. The highest BCUT2D eigenvalue weighted by Crippen LogP contribution is 2.18. The standard InChI is InChI=1S/C13H13BrN2O2/c1-16-7-10(15)6-12(16)13(17)18-8-9-4-2-3-5-11(9)14/h2-7H,8,15H2,1H3. The lowest BCUT2D eigenvalue weighted by atomic mass is 10.2. The van der Waals surface area contributed by atoms with Crippen LogP contribution >= 0.6 is 15.9 Å². The number of esters is 1. The van der Waals surface area contributed by atoms with Gasteiger partial charge in [0.25, 0.3) is 0 Å². The molecular weight excluding hydrogens is 296 g/mol. The molecule has 0 aliphatic heterocycles. The van der Waals surface area contributed by atoms with Gasteiger partial charge in [-0.3, -0.25) is 0 Å². The predicted molar refractivity (Wildman–Crippen MR) is 73.1 cm³/mol. The van der Waals surface area contributed by atoms with Gasteiger partial charge in [-0.25, -0.2) is 4.79 Å². The zero-order valence-electron chi connectivity index (χ0n) is 9.89. The van der Waals surface area contributed by atoms with Gasteiger partial charge in [-0.05, 0) is 12.1 Å². The van der Waals surface area contributed by atoms with E-state index in [4.69, 9.17) is 10.5 Å². The number of carbonyl (C=O) groups excluding carboxylic acids is 1. The van der Waals surface area contributed by atoms with Gasteiger partial charge in [0, 0.05) is 23.3 Å². The van der Waals surface area contributed by atoms with Gasteiger partial charge in [0.15, 0.2) is 0 Å². The second kappa shape index (κ2) is 5.27. The smallest absolute Gasteiger partial charge is 0.355 e. The van der Waals surface area contributed by atoms with Crippen LogP contribution in [0.3, 0.4) is 0 Å². The van der Waals surface area contributed by atoms with E-state index in [0.29, 0.717) is 11.4 Å². The minimum Gasteiger partial charge on any atom is -0.456 e. The first-order valence-corrected chi connectivity index (χ1v) is 6.19. The first-order chi connectivity index (χ1) is 8.58. The fourth-order valence-corrected chi connectivity index (χ4v) is 2.02. The Morgan fingerprint density at radius 1 is 1.44 bits per heavy atom. The van der Waals surface area contributed by atoms with Crippen molar-refractivity contribution in [1.82, 2.24) is 4.57 Å². The van der Waals surface area contributed by atoms with Crippen LogP contribution in [0.1, 0.15) is 16.1 Å². The zero-order valence-corrected chi connectivity index (χ0v) is 11.5. The van der Waals surface area contributed by atoms with Gasteiger partial charge in [-0.15, -0.1) is 0 Å². The molecule has 2 aromatic rings. The third-order valence-corrected chi connectivity index (χ3v) is 3.33. The number of halogens is 1. The summed E-state index contributed by atoms with van der Waals surface area (Å²) < 4.78 is 7.81. The summed E-state index contributed by atoms with van der Waals surface area (Å²) in [6, 6.07) is 9.21. The molecule has 1 heterocycles. The van der Waals surface area contributed by atoms with E-state index < -0.39 is 0 Å². The van der Waals surface area contributed by atoms with Crippen molar-refractivity contribution in [1.29, 1.82) is 0 Å². The Balaban J connectivity index is 2.05. The molecule has 0 aliphatic carbocycles. The summed E-state index contributed by atoms with van der Waals surface area (Å²) in [4.78, 5) is 11.8. The highest BCUT2D eigenvalue weighted by molar-refractivity contribution is 9.10. The highest BCUT2D eigenvalue weighted by atomic mass is 79.9. The van der Waals surface area contributed by atoms with Crippen LogP contribution in [-0.4, -0.2) is 10.5 Å². The lowest BCUT2D eigenvalue weighted by molar-refractivity contribution is 0.0461. The summed E-state index contributed by atoms with van der Waals surface area (Å²) in [5, 5.41) is 0. The molecule has 4 nitrogen and oxygen atoms in total. The normalized spacial score (nSPS) is 10.3. The van der Waals surface area contributed by atoms with E-state index in [2.05, 4.69) is 15.9 Å². The van der Waals surface area contributed by atoms with Crippen LogP contribution in [0, 0.1) is 0 Å². The van der Waals surface area contributed by atoms with Crippen molar-refractivity contribution in [2.75, 3.05) is 5.73 Å². The molecule has 0 atom stereocenters. The van der Waals surface area contributed by atoms with Gasteiger partial charge >= 0.3 is 5.97 Å². The van der Waals surface area contributed by atoms with E-state index in [1.54, 1.807) is 23.9 Å². The molecule has 0 fully saturated rings. The van der Waals surface area contributed by atoms with Crippen molar-refractivity contribution >= 4 is 27.6 Å². The van der Waals surface area contributed by atoms with Crippen LogP contribution in [0.2, 0.25) is 0 Å². The van der Waals surface area contributed by atoms with Crippen LogP contribution in [0.4, 0.5) is 5.69 Å². The van der Waals surface area contributed by atoms with E-state index >= 15 is 0 Å². The number of nitrogens with two attached hydrogens (primary N) is 1. The number of carbonyl (C=O) groups is 1. The zero-order chi connectivity index (χ0) is 13.1. The molecule has 5 heteroatoms. The SMILES string of the molecule is Cn1cc(N)cc1C(=O)OCc1ccccc1Br. The summed E-state index contributed by atoms with van der Waals surface area (Å²) in [6.07, 6.45) is 1.68. The average molecular weight is 309 g/mol. The first-order valence-electron chi connectivity index (χ1n) is 5.40. The molecule has 0 spiro atoms. The minimum atomic E-state index is -0.384. The van der Waals surface area contributed by atoms with E-state index in [1.165, 1.54) is 0 Å². The maximum Gasteiger partial charge on any atom is 0.355 e. The summed E-state index contributed by atoms with van der Waals surface area (Å²) >= 11 is 3.40. The van der Waals surface area contributed by atoms with Gasteiger partial charge in [0.05, 0.1) is 5.69 Å². The minimum absolute atomic E-state index is 0.228. The summed E-state index contributed by atoms with van der Waals surface area (Å²) in [7, 11) is 1.76. The molecule has 0 unspecified atom stereocenters. The number of anilines is 1. The van der Waals surface area contributed by atoms with Crippen LogP contribution in [0.15, 0.2) is 41.0 Å². The lowest BCUT2D eigenvalue weighted by Crippen LogP contribution is -2.09. The van der Waals surface area contributed by atoms with Gasteiger partial charge in [0.1, 0.15) is 12.3 Å². The molecule has 18 heavy (non-hydrogen) atoms. The Kier molecular flexibility index (Phi) is 3.72. The lowest BCUT2D eigenvalue weighted by Gasteiger charge is -2.07. The number of aromatic nitrogens is 1. The van der Waals surface area contributed by atoms with Crippen molar-refractivity contribution in [2.24, 2.45) is 7.05 Å². The number of benzene rings is 1. The van der Waals surface area contributed by atoms with Crippen molar-refractivity contribution in [3.05, 3.63) is 52.3 Å². The van der Waals surface area contributed by atoms with Crippen molar-refractivity contribution in [2.45, 2.75) is 6.61 Å². The Morgan fingerprint density at radius 3 is 2.78 bits per heavy atom. The third-order valence-electron chi connectivity index (χ3n) is 2.55. The Bertz CT molecular complexity index is 578. The van der Waals surface area contributed by atoms with Crippen LogP contribution in [-0.2, 0) is 18.4 Å². The maximum absolute atomic E-state index is 11.8. The maximum atomic E-state index is 11.8. The fourth-order valence-electron chi connectivity index (χ4n) is 1.63. The number of aryl methyl sites for hydroxylation is 1. The Hall–Kier alpha value is -1.75. The van der Waals surface area contributed by atoms with Crippen LogP contribution in [0.5, 0.6) is 0 Å². The largest absolute Gasteiger partial charge is 0.456 e. The first kappa shape index (κ1) is 12.7. The monoisotopic (exact) mass is 308 g/mol. The average Bonchev–Trinajstić information content (AvgIpc) is 2.67. The molecule has 1 aromatic carbocycles. The number of ether oxygens (including phenoxy) is 1. The molecule has 94 valence electrons. The van der Waals surface area contributed by atoms with Crippen molar-refractivity contribution < 1.29 is 9.53 Å². The van der Waals surface area contributed by atoms with Crippen LogP contribution in [0.25, 0.3) is 0 Å². The molecule has 2 rings (SSSR count). The number of rotatable bonds is 3. The molecule has 0 saturated heterocycles. The third kappa shape index (κ3) is 2.73. The Morgan fingerprint density at radius 2 is 2.17 bits per heavy atom. The van der Waals surface area contributed by atoms with Crippen molar-refractivity contribution in [3.8, 4) is 0 Å². The van der Waals surface area contributed by atoms with Crippen LogP contribution < -0.4 is 5.73 Å². The van der Waals surface area contributed by atoms with Gasteiger partial charge in [-0.2, -0.15) is 0 Å². The number of nitrogen functional groups attached to an aromatic ring is 1. The van der Waals surface area contributed by atoms with E-state index in [0.717, 1.165) is 10.0 Å². The number of nitrogens with zero attached hydrogens (tertiary/aromatic N) is 1. The van der Waals surface area contributed by atoms with Gasteiger partial charge in [0.2, 0.25) is 0 Å². The van der Waals surface area contributed by atoms with Gasteiger partial charge in [-0.1, -0.05) is 34.1 Å². The molecule has 2 N–H and O–H groups in total. The van der Waals surface area contributed by atoms with Crippen molar-refractivity contribution in [3.63, 3.8) is 0 Å².